The lowest BCUT2D eigenvalue weighted by molar-refractivity contribution is 0.102. The third-order valence-corrected chi connectivity index (χ3v) is 2.86. The van der Waals surface area contributed by atoms with Crippen LogP contribution in [0.15, 0.2) is 18.5 Å². The molecule has 0 bridgehead atoms. The number of carbonyl (C=O) groups excluding carboxylic acids is 1. The Hall–Kier alpha value is -1.72. The van der Waals surface area contributed by atoms with Crippen LogP contribution in [0.2, 0.25) is 10.3 Å². The van der Waals surface area contributed by atoms with Gasteiger partial charge in [-0.3, -0.25) is 9.78 Å². The standard InChI is InChI=1S/C12H10Cl2N4O/c1-6-3-9(13)17-11(14)10(6)18-12(19)8-5-15-7(2)4-16-8/h3-5H,1-2H3,(H,18,19). The summed E-state index contributed by atoms with van der Waals surface area (Å²) in [5.41, 5.74) is 2.08. The van der Waals surface area contributed by atoms with Gasteiger partial charge in [-0.2, -0.15) is 0 Å². The van der Waals surface area contributed by atoms with E-state index in [0.29, 0.717) is 5.69 Å². The van der Waals surface area contributed by atoms with Crippen LogP contribution in [0.1, 0.15) is 21.7 Å². The number of aryl methyl sites for hydroxylation is 2. The van der Waals surface area contributed by atoms with E-state index in [9.17, 15) is 4.79 Å². The number of nitrogens with zero attached hydrogens (tertiary/aromatic N) is 3. The van der Waals surface area contributed by atoms with Crippen molar-refractivity contribution in [1.82, 2.24) is 15.0 Å². The summed E-state index contributed by atoms with van der Waals surface area (Å²) in [6.07, 6.45) is 2.92. The normalized spacial score (nSPS) is 10.3. The Morgan fingerprint density at radius 1 is 1.21 bits per heavy atom. The fraction of sp³-hybridized carbons (Fsp3) is 0.167. The van der Waals surface area contributed by atoms with Gasteiger partial charge in [0.25, 0.3) is 5.91 Å². The van der Waals surface area contributed by atoms with E-state index in [1.165, 1.54) is 12.4 Å². The fourth-order valence-corrected chi connectivity index (χ4v) is 2.01. The number of hydrogen-bond donors (Lipinski definition) is 1. The van der Waals surface area contributed by atoms with Gasteiger partial charge in [0.15, 0.2) is 5.15 Å². The summed E-state index contributed by atoms with van der Waals surface area (Å²) in [6, 6.07) is 1.61. The first-order valence-corrected chi connectivity index (χ1v) is 6.15. The monoisotopic (exact) mass is 296 g/mol. The van der Waals surface area contributed by atoms with E-state index in [-0.39, 0.29) is 16.0 Å². The van der Waals surface area contributed by atoms with Crippen molar-refractivity contribution in [3.63, 3.8) is 0 Å². The Labute approximate surface area is 120 Å². The Kier molecular flexibility index (Phi) is 3.97. The van der Waals surface area contributed by atoms with Gasteiger partial charge in [0.2, 0.25) is 0 Å². The number of amides is 1. The molecule has 0 aliphatic rings. The molecule has 0 aromatic carbocycles. The molecule has 2 heterocycles. The molecule has 0 aliphatic heterocycles. The summed E-state index contributed by atoms with van der Waals surface area (Å²) in [7, 11) is 0. The Bertz CT molecular complexity index is 605. The number of hydrogen-bond acceptors (Lipinski definition) is 4. The molecular weight excluding hydrogens is 287 g/mol. The predicted molar refractivity (Wildman–Crippen MR) is 73.7 cm³/mol. The summed E-state index contributed by atoms with van der Waals surface area (Å²) in [5, 5.41) is 3.06. The van der Waals surface area contributed by atoms with Crippen LogP contribution < -0.4 is 5.32 Å². The van der Waals surface area contributed by atoms with Gasteiger partial charge in [0.1, 0.15) is 10.8 Å². The second-order valence-corrected chi connectivity index (χ2v) is 4.67. The van der Waals surface area contributed by atoms with Crippen LogP contribution in [-0.4, -0.2) is 20.9 Å². The molecule has 5 nitrogen and oxygen atoms in total. The zero-order valence-electron chi connectivity index (χ0n) is 10.2. The van der Waals surface area contributed by atoms with Gasteiger partial charge in [0.05, 0.1) is 17.6 Å². The largest absolute Gasteiger partial charge is 0.318 e. The van der Waals surface area contributed by atoms with E-state index < -0.39 is 5.91 Å². The molecule has 0 saturated heterocycles. The summed E-state index contributed by atoms with van der Waals surface area (Å²) in [4.78, 5) is 23.9. The first kappa shape index (κ1) is 13.7. The van der Waals surface area contributed by atoms with Crippen molar-refractivity contribution in [3.8, 4) is 0 Å². The maximum absolute atomic E-state index is 12.0. The Morgan fingerprint density at radius 3 is 2.53 bits per heavy atom. The minimum absolute atomic E-state index is 0.137. The summed E-state index contributed by atoms with van der Waals surface area (Å²) < 4.78 is 0. The average Bonchev–Trinajstić information content (AvgIpc) is 2.34. The number of carbonyl (C=O) groups is 1. The van der Waals surface area contributed by atoms with E-state index in [1.54, 1.807) is 19.9 Å². The van der Waals surface area contributed by atoms with Gasteiger partial charge in [-0.1, -0.05) is 23.2 Å². The summed E-state index contributed by atoms with van der Waals surface area (Å²) >= 11 is 11.7. The number of aromatic nitrogens is 3. The van der Waals surface area contributed by atoms with E-state index >= 15 is 0 Å². The maximum Gasteiger partial charge on any atom is 0.275 e. The van der Waals surface area contributed by atoms with Crippen molar-refractivity contribution in [2.45, 2.75) is 13.8 Å². The Balaban J connectivity index is 2.26. The third kappa shape index (κ3) is 3.19. The molecule has 19 heavy (non-hydrogen) atoms. The van der Waals surface area contributed by atoms with Crippen LogP contribution >= 0.6 is 23.2 Å². The van der Waals surface area contributed by atoms with Gasteiger partial charge < -0.3 is 5.32 Å². The molecule has 1 N–H and O–H groups in total. The second kappa shape index (κ2) is 5.50. The van der Waals surface area contributed by atoms with Crippen LogP contribution in [0.25, 0.3) is 0 Å². The highest BCUT2D eigenvalue weighted by Gasteiger charge is 2.13. The topological polar surface area (TPSA) is 67.8 Å². The van der Waals surface area contributed by atoms with Gasteiger partial charge in [0, 0.05) is 6.20 Å². The number of pyridine rings is 1. The lowest BCUT2D eigenvalue weighted by Gasteiger charge is -2.09. The Morgan fingerprint density at radius 2 is 1.95 bits per heavy atom. The summed E-state index contributed by atoms with van der Waals surface area (Å²) in [6.45, 7) is 3.56. The highest BCUT2D eigenvalue weighted by molar-refractivity contribution is 6.35. The molecule has 0 unspecified atom stereocenters. The molecule has 1 amide bonds. The minimum atomic E-state index is -0.401. The van der Waals surface area contributed by atoms with Gasteiger partial charge in [-0.15, -0.1) is 0 Å². The van der Waals surface area contributed by atoms with Crippen LogP contribution in [0.5, 0.6) is 0 Å². The lowest BCUT2D eigenvalue weighted by atomic mass is 10.2. The van der Waals surface area contributed by atoms with Crippen LogP contribution in [0.4, 0.5) is 5.69 Å². The zero-order chi connectivity index (χ0) is 14.0. The highest BCUT2D eigenvalue weighted by Crippen LogP contribution is 2.26. The van der Waals surface area contributed by atoms with E-state index in [1.807, 2.05) is 0 Å². The average molecular weight is 297 g/mol. The molecule has 2 aromatic heterocycles. The SMILES string of the molecule is Cc1cnc(C(=O)Nc2c(C)cc(Cl)nc2Cl)cn1. The molecule has 0 saturated carbocycles. The number of anilines is 1. The van der Waals surface area contributed by atoms with Crippen molar-refractivity contribution < 1.29 is 4.79 Å². The zero-order valence-corrected chi connectivity index (χ0v) is 11.7. The molecule has 0 aliphatic carbocycles. The third-order valence-electron chi connectivity index (χ3n) is 2.39. The molecule has 0 spiro atoms. The number of rotatable bonds is 2. The molecule has 98 valence electrons. The van der Waals surface area contributed by atoms with Gasteiger partial charge in [-0.25, -0.2) is 9.97 Å². The van der Waals surface area contributed by atoms with Gasteiger partial charge >= 0.3 is 0 Å². The maximum atomic E-state index is 12.0. The fourth-order valence-electron chi connectivity index (χ4n) is 1.43. The van der Waals surface area contributed by atoms with Crippen molar-refractivity contribution in [1.29, 1.82) is 0 Å². The summed E-state index contributed by atoms with van der Waals surface area (Å²) in [5.74, 6) is -0.401. The lowest BCUT2D eigenvalue weighted by Crippen LogP contribution is -2.15. The van der Waals surface area contributed by atoms with E-state index in [2.05, 4.69) is 20.3 Å². The molecule has 0 atom stereocenters. The van der Waals surface area contributed by atoms with Gasteiger partial charge in [-0.05, 0) is 25.5 Å². The minimum Gasteiger partial charge on any atom is -0.318 e. The number of nitrogens with one attached hydrogen (secondary N) is 1. The quantitative estimate of drug-likeness (QED) is 0.865. The molecule has 0 radical (unpaired) electrons. The molecule has 2 rings (SSSR count). The molecular formula is C12H10Cl2N4O. The predicted octanol–water partition coefficient (Wildman–Crippen LogP) is 3.05. The van der Waals surface area contributed by atoms with Crippen LogP contribution in [0.3, 0.4) is 0 Å². The first-order valence-electron chi connectivity index (χ1n) is 5.40. The first-order chi connectivity index (χ1) is 8.97. The highest BCUT2D eigenvalue weighted by atomic mass is 35.5. The van der Waals surface area contributed by atoms with Crippen molar-refractivity contribution in [3.05, 3.63) is 45.7 Å². The van der Waals surface area contributed by atoms with Crippen molar-refractivity contribution in [2.75, 3.05) is 5.32 Å². The van der Waals surface area contributed by atoms with E-state index in [0.717, 1.165) is 11.3 Å². The molecule has 7 heteroatoms. The van der Waals surface area contributed by atoms with Crippen molar-refractivity contribution >= 4 is 34.8 Å². The second-order valence-electron chi connectivity index (χ2n) is 3.92. The number of halogens is 2. The van der Waals surface area contributed by atoms with Crippen LogP contribution in [0, 0.1) is 13.8 Å². The van der Waals surface area contributed by atoms with Crippen LogP contribution in [-0.2, 0) is 0 Å². The van der Waals surface area contributed by atoms with E-state index in [4.69, 9.17) is 23.2 Å². The smallest absolute Gasteiger partial charge is 0.275 e. The van der Waals surface area contributed by atoms with Crippen molar-refractivity contribution in [2.24, 2.45) is 0 Å². The molecule has 0 fully saturated rings. The molecule has 2 aromatic rings.